The molecule has 0 amide bonds. The highest BCUT2D eigenvalue weighted by Crippen LogP contribution is 2.34. The van der Waals surface area contributed by atoms with Gasteiger partial charge in [0.2, 0.25) is 0 Å². The molecule has 0 saturated heterocycles. The van der Waals surface area contributed by atoms with Crippen molar-refractivity contribution in [3.63, 3.8) is 0 Å². The number of hydrogen-bond donors (Lipinski definition) is 0. The van der Waals surface area contributed by atoms with Crippen LogP contribution in [0.5, 0.6) is 0 Å². The number of allylic oxidation sites excluding steroid dienone is 1. The van der Waals surface area contributed by atoms with E-state index in [0.717, 1.165) is 27.5 Å². The number of rotatable bonds is 8. The predicted molar refractivity (Wildman–Crippen MR) is 112 cm³/mol. The van der Waals surface area contributed by atoms with Crippen LogP contribution in [-0.2, 0) is 12.3 Å². The van der Waals surface area contributed by atoms with Gasteiger partial charge in [0.05, 0.1) is 5.75 Å². The Morgan fingerprint density at radius 2 is 1.81 bits per heavy atom. The summed E-state index contributed by atoms with van der Waals surface area (Å²) in [4.78, 5) is 8.98. The molecular weight excluding hydrogens is 374 g/mol. The Kier molecular flexibility index (Phi) is 6.68. The van der Waals surface area contributed by atoms with E-state index in [1.165, 1.54) is 5.56 Å². The number of thioether (sulfide) groups is 2. The summed E-state index contributed by atoms with van der Waals surface area (Å²) < 4.78 is 2.12. The van der Waals surface area contributed by atoms with Gasteiger partial charge in [0.1, 0.15) is 5.82 Å². The van der Waals surface area contributed by atoms with Crippen LogP contribution in [0.1, 0.15) is 34.9 Å². The summed E-state index contributed by atoms with van der Waals surface area (Å²) in [5.41, 5.74) is 3.23. The summed E-state index contributed by atoms with van der Waals surface area (Å²) in [6.45, 7) is 10.7. The third-order valence-corrected chi connectivity index (χ3v) is 5.93. The molecule has 2 heterocycles. The summed E-state index contributed by atoms with van der Waals surface area (Å²) in [5.74, 6) is 1.58. The largest absolute Gasteiger partial charge is 0.301 e. The maximum Gasteiger partial charge on any atom is 0.192 e. The zero-order valence-corrected chi connectivity index (χ0v) is 17.4. The van der Waals surface area contributed by atoms with Gasteiger partial charge < -0.3 is 4.57 Å². The molecule has 1 atom stereocenters. The molecule has 1 unspecified atom stereocenters. The Morgan fingerprint density at radius 3 is 2.48 bits per heavy atom. The van der Waals surface area contributed by atoms with Gasteiger partial charge in [0.25, 0.3) is 0 Å². The molecule has 0 saturated carbocycles. The van der Waals surface area contributed by atoms with E-state index >= 15 is 0 Å². The van der Waals surface area contributed by atoms with Crippen molar-refractivity contribution in [1.29, 1.82) is 0 Å². The second-order valence-corrected chi connectivity index (χ2v) is 8.44. The molecule has 0 aliphatic carbocycles. The van der Waals surface area contributed by atoms with Crippen LogP contribution in [0, 0.1) is 13.8 Å². The van der Waals surface area contributed by atoms with Crippen molar-refractivity contribution in [3.05, 3.63) is 71.8 Å². The zero-order valence-electron chi connectivity index (χ0n) is 15.8. The van der Waals surface area contributed by atoms with Crippen LogP contribution < -0.4 is 0 Å². The molecule has 0 bridgehead atoms. The monoisotopic (exact) mass is 397 g/mol. The van der Waals surface area contributed by atoms with Gasteiger partial charge >= 0.3 is 0 Å². The Balaban J connectivity index is 1.75. The minimum Gasteiger partial charge on any atom is -0.301 e. The van der Waals surface area contributed by atoms with Crippen molar-refractivity contribution in [2.45, 2.75) is 48.6 Å². The van der Waals surface area contributed by atoms with Crippen LogP contribution in [0.3, 0.4) is 0 Å². The average molecular weight is 398 g/mol. The Hall–Kier alpha value is -2.12. The highest BCUT2D eigenvalue weighted by atomic mass is 32.2. The van der Waals surface area contributed by atoms with Gasteiger partial charge in [-0.3, -0.25) is 0 Å². The van der Waals surface area contributed by atoms with E-state index in [1.54, 1.807) is 23.5 Å². The van der Waals surface area contributed by atoms with E-state index in [4.69, 9.17) is 0 Å². The maximum atomic E-state index is 4.49. The molecular formula is C20H23N5S2. The minimum absolute atomic E-state index is 0.294. The molecule has 7 heteroatoms. The molecule has 140 valence electrons. The molecule has 0 N–H and O–H groups in total. The molecule has 0 radical (unpaired) electrons. The Labute approximate surface area is 168 Å². The molecule has 0 aliphatic rings. The topological polar surface area (TPSA) is 56.5 Å². The fourth-order valence-corrected chi connectivity index (χ4v) is 4.56. The predicted octanol–water partition coefficient (Wildman–Crippen LogP) is 5.02. The van der Waals surface area contributed by atoms with Crippen LogP contribution in [-0.4, -0.2) is 24.7 Å². The molecule has 0 spiro atoms. The van der Waals surface area contributed by atoms with Gasteiger partial charge in [-0.15, -0.1) is 16.8 Å². The van der Waals surface area contributed by atoms with Crippen LogP contribution in [0.2, 0.25) is 0 Å². The number of nitrogens with zero attached hydrogens (tertiary/aromatic N) is 5. The van der Waals surface area contributed by atoms with E-state index in [2.05, 4.69) is 62.5 Å². The second-order valence-electron chi connectivity index (χ2n) is 6.19. The standard InChI is InChI=1S/C20H23N5S2/c1-5-11-25-18(13-26-19-21-14(2)12-15(3)22-19)23-24-20(25)27-16(4)17-9-7-6-8-10-17/h5-10,12,16H,1,11,13H2,2-4H3. The van der Waals surface area contributed by atoms with Gasteiger partial charge in [-0.2, -0.15) is 0 Å². The van der Waals surface area contributed by atoms with Gasteiger partial charge in [-0.1, -0.05) is 59.9 Å². The second kappa shape index (κ2) is 9.19. The van der Waals surface area contributed by atoms with Crippen molar-refractivity contribution in [3.8, 4) is 0 Å². The molecule has 2 aromatic heterocycles. The van der Waals surface area contributed by atoms with E-state index in [9.17, 15) is 0 Å². The van der Waals surface area contributed by atoms with Crippen molar-refractivity contribution in [2.24, 2.45) is 0 Å². The normalized spacial score (nSPS) is 12.1. The van der Waals surface area contributed by atoms with Crippen LogP contribution >= 0.6 is 23.5 Å². The summed E-state index contributed by atoms with van der Waals surface area (Å²) in [6, 6.07) is 12.4. The smallest absolute Gasteiger partial charge is 0.192 e. The highest BCUT2D eigenvalue weighted by Gasteiger charge is 2.16. The number of aromatic nitrogens is 5. The zero-order chi connectivity index (χ0) is 19.2. The fraction of sp³-hybridized carbons (Fsp3) is 0.300. The molecule has 0 aliphatic heterocycles. The summed E-state index contributed by atoms with van der Waals surface area (Å²) >= 11 is 3.29. The number of aryl methyl sites for hydroxylation is 2. The molecule has 27 heavy (non-hydrogen) atoms. The molecule has 0 fully saturated rings. The number of hydrogen-bond acceptors (Lipinski definition) is 6. The highest BCUT2D eigenvalue weighted by molar-refractivity contribution is 7.99. The minimum atomic E-state index is 0.294. The van der Waals surface area contributed by atoms with Gasteiger partial charge in [0.15, 0.2) is 10.3 Å². The van der Waals surface area contributed by atoms with Crippen LogP contribution in [0.25, 0.3) is 0 Å². The van der Waals surface area contributed by atoms with Crippen molar-refractivity contribution < 1.29 is 0 Å². The lowest BCUT2D eigenvalue weighted by molar-refractivity contribution is 0.698. The van der Waals surface area contributed by atoms with E-state index in [0.29, 0.717) is 17.5 Å². The Bertz CT molecular complexity index is 888. The van der Waals surface area contributed by atoms with Crippen molar-refractivity contribution in [1.82, 2.24) is 24.7 Å². The molecule has 3 rings (SSSR count). The Morgan fingerprint density at radius 1 is 1.11 bits per heavy atom. The van der Waals surface area contributed by atoms with E-state index in [1.807, 2.05) is 32.1 Å². The van der Waals surface area contributed by atoms with E-state index in [-0.39, 0.29) is 0 Å². The lowest BCUT2D eigenvalue weighted by Crippen LogP contribution is -2.04. The first-order valence-electron chi connectivity index (χ1n) is 8.76. The average Bonchev–Trinajstić information content (AvgIpc) is 3.02. The summed E-state index contributed by atoms with van der Waals surface area (Å²) in [6.07, 6.45) is 1.88. The van der Waals surface area contributed by atoms with Gasteiger partial charge in [-0.25, -0.2) is 9.97 Å². The quantitative estimate of drug-likeness (QED) is 0.302. The SMILES string of the molecule is C=CCn1c(CSc2nc(C)cc(C)n2)nnc1SC(C)c1ccccc1. The third-order valence-electron chi connectivity index (χ3n) is 3.95. The van der Waals surface area contributed by atoms with E-state index < -0.39 is 0 Å². The van der Waals surface area contributed by atoms with Crippen molar-refractivity contribution >= 4 is 23.5 Å². The molecule has 1 aromatic carbocycles. The number of benzene rings is 1. The fourth-order valence-electron chi connectivity index (χ4n) is 2.66. The third kappa shape index (κ3) is 5.20. The van der Waals surface area contributed by atoms with Crippen LogP contribution in [0.4, 0.5) is 0 Å². The first-order chi connectivity index (χ1) is 13.1. The first-order valence-corrected chi connectivity index (χ1v) is 10.6. The lowest BCUT2D eigenvalue weighted by Gasteiger charge is -2.12. The molecule has 3 aromatic rings. The molecule has 5 nitrogen and oxygen atoms in total. The van der Waals surface area contributed by atoms with Gasteiger partial charge in [-0.05, 0) is 32.4 Å². The maximum absolute atomic E-state index is 4.49. The lowest BCUT2D eigenvalue weighted by atomic mass is 10.2. The van der Waals surface area contributed by atoms with Crippen molar-refractivity contribution in [2.75, 3.05) is 0 Å². The first kappa shape index (κ1) is 19.6. The summed E-state index contributed by atoms with van der Waals surface area (Å²) in [5, 5.41) is 10.8. The van der Waals surface area contributed by atoms with Crippen LogP contribution in [0.15, 0.2) is 59.4 Å². The summed E-state index contributed by atoms with van der Waals surface area (Å²) in [7, 11) is 0. The van der Waals surface area contributed by atoms with Gasteiger partial charge in [0, 0.05) is 23.2 Å².